The third-order valence-electron chi connectivity index (χ3n) is 3.70. The zero-order chi connectivity index (χ0) is 16.8. The van der Waals surface area contributed by atoms with Crippen LogP contribution in [0.4, 0.5) is 5.69 Å². The molecule has 0 fully saturated rings. The van der Waals surface area contributed by atoms with E-state index in [0.29, 0.717) is 23.7 Å². The highest BCUT2D eigenvalue weighted by Gasteiger charge is 2.13. The number of rotatable bonds is 6. The van der Waals surface area contributed by atoms with Crippen LogP contribution < -0.4 is 14.8 Å². The molecular formula is C19H23NO3. The molecule has 0 heterocycles. The van der Waals surface area contributed by atoms with Crippen molar-refractivity contribution in [3.63, 3.8) is 0 Å². The second-order valence-electron chi connectivity index (χ2n) is 5.22. The van der Waals surface area contributed by atoms with E-state index in [1.807, 2.05) is 32.0 Å². The maximum Gasteiger partial charge on any atom is 0.255 e. The van der Waals surface area contributed by atoms with Crippen molar-refractivity contribution in [1.82, 2.24) is 0 Å². The fraction of sp³-hybridized carbons (Fsp3) is 0.316. The lowest BCUT2D eigenvalue weighted by Gasteiger charge is -2.14. The summed E-state index contributed by atoms with van der Waals surface area (Å²) in [5.74, 6) is 1.04. The number of amides is 1. The first-order chi connectivity index (χ1) is 11.1. The monoisotopic (exact) mass is 313 g/mol. The maximum absolute atomic E-state index is 12.6. The number of ether oxygens (including phenoxy) is 2. The summed E-state index contributed by atoms with van der Waals surface area (Å²) in [4.78, 5) is 12.6. The van der Waals surface area contributed by atoms with E-state index in [-0.39, 0.29) is 5.91 Å². The Balaban J connectivity index is 2.29. The maximum atomic E-state index is 12.6. The van der Waals surface area contributed by atoms with Crippen LogP contribution in [0.5, 0.6) is 11.5 Å². The summed E-state index contributed by atoms with van der Waals surface area (Å²) in [5, 5.41) is 3.02. The van der Waals surface area contributed by atoms with Crippen LogP contribution in [0.25, 0.3) is 0 Å². The quantitative estimate of drug-likeness (QED) is 0.868. The summed E-state index contributed by atoms with van der Waals surface area (Å²) < 4.78 is 10.8. The number of anilines is 1. The Kier molecular flexibility index (Phi) is 5.63. The van der Waals surface area contributed by atoms with Gasteiger partial charge in [-0.3, -0.25) is 4.79 Å². The van der Waals surface area contributed by atoms with Gasteiger partial charge < -0.3 is 14.8 Å². The van der Waals surface area contributed by atoms with Crippen molar-refractivity contribution >= 4 is 11.6 Å². The predicted octanol–water partition coefficient (Wildman–Crippen LogP) is 4.22. The molecule has 2 aromatic rings. The van der Waals surface area contributed by atoms with Gasteiger partial charge in [0.15, 0.2) is 11.5 Å². The zero-order valence-corrected chi connectivity index (χ0v) is 14.1. The lowest BCUT2D eigenvalue weighted by molar-refractivity contribution is 0.102. The molecule has 0 atom stereocenters. The first-order valence-electron chi connectivity index (χ1n) is 7.81. The van der Waals surface area contributed by atoms with Crippen molar-refractivity contribution in [2.45, 2.75) is 27.2 Å². The molecule has 2 rings (SSSR count). The normalized spacial score (nSPS) is 10.3. The highest BCUT2D eigenvalue weighted by Crippen LogP contribution is 2.29. The number of hydrogen-bond donors (Lipinski definition) is 1. The van der Waals surface area contributed by atoms with Gasteiger partial charge >= 0.3 is 0 Å². The average Bonchev–Trinajstić information content (AvgIpc) is 2.56. The molecule has 0 saturated carbocycles. The molecule has 0 aliphatic rings. The number of nitrogens with one attached hydrogen (secondary N) is 1. The molecule has 0 aromatic heterocycles. The van der Waals surface area contributed by atoms with Gasteiger partial charge in [0.1, 0.15) is 0 Å². The number of carbonyl (C=O) groups excluding carboxylic acids is 1. The number of methoxy groups -OCH3 is 1. The Morgan fingerprint density at radius 1 is 1.13 bits per heavy atom. The van der Waals surface area contributed by atoms with E-state index in [9.17, 15) is 4.79 Å². The molecule has 0 radical (unpaired) electrons. The van der Waals surface area contributed by atoms with Gasteiger partial charge in [-0.25, -0.2) is 0 Å². The van der Waals surface area contributed by atoms with Gasteiger partial charge in [0, 0.05) is 11.3 Å². The fourth-order valence-electron chi connectivity index (χ4n) is 2.47. The van der Waals surface area contributed by atoms with Gasteiger partial charge in [0.2, 0.25) is 0 Å². The van der Waals surface area contributed by atoms with Crippen molar-refractivity contribution in [2.24, 2.45) is 0 Å². The van der Waals surface area contributed by atoms with E-state index >= 15 is 0 Å². The van der Waals surface area contributed by atoms with Crippen LogP contribution in [0.15, 0.2) is 36.4 Å². The second kappa shape index (κ2) is 7.68. The first-order valence-corrected chi connectivity index (χ1v) is 7.81. The summed E-state index contributed by atoms with van der Waals surface area (Å²) in [6.45, 7) is 6.48. The van der Waals surface area contributed by atoms with Gasteiger partial charge in [-0.2, -0.15) is 0 Å². The van der Waals surface area contributed by atoms with Gasteiger partial charge in [-0.15, -0.1) is 0 Å². The Bertz CT molecular complexity index is 695. The van der Waals surface area contributed by atoms with Crippen molar-refractivity contribution in [3.8, 4) is 11.5 Å². The highest BCUT2D eigenvalue weighted by molar-refractivity contribution is 6.05. The molecule has 0 unspecified atom stereocenters. The minimum atomic E-state index is -0.155. The number of para-hydroxylation sites is 1. The molecule has 1 amide bonds. The van der Waals surface area contributed by atoms with Crippen molar-refractivity contribution < 1.29 is 14.3 Å². The van der Waals surface area contributed by atoms with Gasteiger partial charge in [-0.05, 0) is 49.6 Å². The molecule has 0 saturated heterocycles. The van der Waals surface area contributed by atoms with Crippen molar-refractivity contribution in [3.05, 3.63) is 53.1 Å². The molecule has 0 aliphatic heterocycles. The van der Waals surface area contributed by atoms with Gasteiger partial charge in [-0.1, -0.05) is 25.1 Å². The Morgan fingerprint density at radius 3 is 2.57 bits per heavy atom. The van der Waals surface area contributed by atoms with E-state index < -0.39 is 0 Å². The predicted molar refractivity (Wildman–Crippen MR) is 92.7 cm³/mol. The molecule has 4 nitrogen and oxygen atoms in total. The standard InChI is InChI=1S/C19H23NO3/c1-5-14-9-7-8-13(3)18(14)20-19(21)15-10-11-16(22-4)17(12-15)23-6-2/h7-12H,5-6H2,1-4H3,(H,20,21). The molecule has 1 N–H and O–H groups in total. The minimum absolute atomic E-state index is 0.155. The smallest absolute Gasteiger partial charge is 0.255 e. The number of hydrogen-bond acceptors (Lipinski definition) is 3. The van der Waals surface area contributed by atoms with Crippen molar-refractivity contribution in [2.75, 3.05) is 19.0 Å². The van der Waals surface area contributed by atoms with Crippen LogP contribution in [0.3, 0.4) is 0 Å². The summed E-state index contributed by atoms with van der Waals surface area (Å²) in [7, 11) is 1.58. The van der Waals surface area contributed by atoms with Crippen LogP contribution in [-0.4, -0.2) is 19.6 Å². The molecule has 23 heavy (non-hydrogen) atoms. The van der Waals surface area contributed by atoms with E-state index in [1.165, 1.54) is 0 Å². The minimum Gasteiger partial charge on any atom is -0.493 e. The topological polar surface area (TPSA) is 47.6 Å². The van der Waals surface area contributed by atoms with Crippen LogP contribution in [-0.2, 0) is 6.42 Å². The summed E-state index contributed by atoms with van der Waals surface area (Å²) in [6, 6.07) is 11.2. The molecule has 0 spiro atoms. The van der Waals surface area contributed by atoms with E-state index in [4.69, 9.17) is 9.47 Å². The number of aryl methyl sites for hydroxylation is 2. The molecule has 0 bridgehead atoms. The Labute approximate surface area is 137 Å². The largest absolute Gasteiger partial charge is 0.493 e. The zero-order valence-electron chi connectivity index (χ0n) is 14.1. The van der Waals surface area contributed by atoms with E-state index in [0.717, 1.165) is 23.2 Å². The third kappa shape index (κ3) is 3.83. The molecular weight excluding hydrogens is 290 g/mol. The lowest BCUT2D eigenvalue weighted by Crippen LogP contribution is -2.14. The number of carbonyl (C=O) groups is 1. The van der Waals surface area contributed by atoms with Crippen LogP contribution in [0, 0.1) is 6.92 Å². The second-order valence-corrected chi connectivity index (χ2v) is 5.22. The molecule has 4 heteroatoms. The SMILES string of the molecule is CCOc1cc(C(=O)Nc2c(C)cccc2CC)ccc1OC. The van der Waals surface area contributed by atoms with Crippen LogP contribution >= 0.6 is 0 Å². The summed E-state index contributed by atoms with van der Waals surface area (Å²) >= 11 is 0. The van der Waals surface area contributed by atoms with Crippen LogP contribution in [0.1, 0.15) is 35.3 Å². The Morgan fingerprint density at radius 2 is 1.91 bits per heavy atom. The third-order valence-corrected chi connectivity index (χ3v) is 3.70. The van der Waals surface area contributed by atoms with Crippen LogP contribution in [0.2, 0.25) is 0 Å². The number of benzene rings is 2. The first kappa shape index (κ1) is 16.9. The van der Waals surface area contributed by atoms with E-state index in [1.54, 1.807) is 25.3 Å². The molecule has 0 aliphatic carbocycles. The summed E-state index contributed by atoms with van der Waals surface area (Å²) in [6.07, 6.45) is 0.865. The van der Waals surface area contributed by atoms with E-state index in [2.05, 4.69) is 12.2 Å². The molecule has 122 valence electrons. The fourth-order valence-corrected chi connectivity index (χ4v) is 2.47. The lowest BCUT2D eigenvalue weighted by atomic mass is 10.1. The molecule has 2 aromatic carbocycles. The summed E-state index contributed by atoms with van der Waals surface area (Å²) in [5.41, 5.74) is 3.60. The van der Waals surface area contributed by atoms with Crippen molar-refractivity contribution in [1.29, 1.82) is 0 Å². The average molecular weight is 313 g/mol. The van der Waals surface area contributed by atoms with Gasteiger partial charge in [0.25, 0.3) is 5.91 Å². The highest BCUT2D eigenvalue weighted by atomic mass is 16.5. The Hall–Kier alpha value is -2.49. The van der Waals surface area contributed by atoms with Gasteiger partial charge in [0.05, 0.1) is 13.7 Å².